The molecule has 0 aliphatic heterocycles. The van der Waals surface area contributed by atoms with E-state index in [9.17, 15) is 4.79 Å². The Labute approximate surface area is 174 Å². The van der Waals surface area contributed by atoms with E-state index in [1.165, 1.54) is 6.42 Å². The van der Waals surface area contributed by atoms with Gasteiger partial charge in [-0.2, -0.15) is 9.61 Å². The van der Waals surface area contributed by atoms with Gasteiger partial charge >= 0.3 is 0 Å². The molecule has 156 valence electrons. The normalized spacial score (nSPS) is 16.6. The van der Waals surface area contributed by atoms with Crippen LogP contribution in [0.1, 0.15) is 48.9 Å². The quantitative estimate of drug-likeness (QED) is 0.552. The summed E-state index contributed by atoms with van der Waals surface area (Å²) in [5.74, 6) is 1.72. The van der Waals surface area contributed by atoms with Gasteiger partial charge in [-0.3, -0.25) is 4.79 Å². The third-order valence-corrected chi connectivity index (χ3v) is 5.78. The molecule has 30 heavy (non-hydrogen) atoms. The van der Waals surface area contributed by atoms with E-state index >= 15 is 0 Å². The summed E-state index contributed by atoms with van der Waals surface area (Å²) >= 11 is 0. The molecular formula is C21H25N7O2. The lowest BCUT2D eigenvalue weighted by atomic mass is 9.93. The minimum absolute atomic E-state index is 0.142. The number of fused-ring (bicyclic) bond motifs is 1. The van der Waals surface area contributed by atoms with E-state index in [0.717, 1.165) is 43.6 Å². The molecule has 0 radical (unpaired) electrons. The highest BCUT2D eigenvalue weighted by Crippen LogP contribution is 2.31. The topological polar surface area (TPSA) is 105 Å². The Morgan fingerprint density at radius 3 is 2.77 bits per heavy atom. The van der Waals surface area contributed by atoms with Crippen LogP contribution in [0.25, 0.3) is 5.65 Å². The van der Waals surface area contributed by atoms with E-state index in [0.29, 0.717) is 22.9 Å². The number of aromatic nitrogens is 4. The van der Waals surface area contributed by atoms with Gasteiger partial charge in [0.05, 0.1) is 6.20 Å². The summed E-state index contributed by atoms with van der Waals surface area (Å²) in [6.45, 7) is 0. The van der Waals surface area contributed by atoms with Crippen LogP contribution in [0, 0.1) is 0 Å². The van der Waals surface area contributed by atoms with Gasteiger partial charge in [-0.15, -0.1) is 0 Å². The molecular weight excluding hydrogens is 382 g/mol. The zero-order chi connectivity index (χ0) is 20.5. The number of hydrogen-bond acceptors (Lipinski definition) is 7. The van der Waals surface area contributed by atoms with Crippen molar-refractivity contribution >= 4 is 28.9 Å². The Hall–Kier alpha value is -3.36. The Balaban J connectivity index is 1.46. The zero-order valence-electron chi connectivity index (χ0n) is 16.9. The minimum Gasteiger partial charge on any atom is -0.473 e. The van der Waals surface area contributed by atoms with E-state index in [2.05, 4.69) is 31.0 Å². The smallest absolute Gasteiger partial charge is 0.256 e. The molecule has 2 fully saturated rings. The van der Waals surface area contributed by atoms with Crippen molar-refractivity contribution in [3.8, 4) is 5.88 Å². The molecule has 0 atom stereocenters. The molecule has 0 aromatic carbocycles. The average molecular weight is 407 g/mol. The molecule has 0 unspecified atom stereocenters. The molecule has 3 heterocycles. The summed E-state index contributed by atoms with van der Waals surface area (Å²) in [6, 6.07) is 5.85. The molecule has 5 rings (SSSR count). The highest BCUT2D eigenvalue weighted by atomic mass is 16.5. The minimum atomic E-state index is -0.142. The summed E-state index contributed by atoms with van der Waals surface area (Å²) in [5, 5.41) is 13.8. The largest absolute Gasteiger partial charge is 0.473 e. The van der Waals surface area contributed by atoms with Crippen molar-refractivity contribution in [3.05, 3.63) is 36.2 Å². The van der Waals surface area contributed by atoms with Crippen LogP contribution >= 0.6 is 0 Å². The van der Waals surface area contributed by atoms with E-state index in [4.69, 9.17) is 4.74 Å². The molecule has 3 N–H and O–H groups in total. The summed E-state index contributed by atoms with van der Waals surface area (Å²) < 4.78 is 7.64. The standard InChI is InChI=1S/C21H25N7O2/c1-22-18-11-17(26-16-9-4-10-23-21(16)30-14-7-3-8-14)27-19-15(12-24-28(18)19)20(29)25-13-5-2-6-13/h4,9-14,22H,2-3,5-8H2,1H3,(H,25,29)(H,26,27). The van der Waals surface area contributed by atoms with E-state index in [1.54, 1.807) is 16.9 Å². The number of nitrogens with one attached hydrogen (secondary N) is 3. The number of nitrogens with zero attached hydrogens (tertiary/aromatic N) is 4. The second-order valence-corrected chi connectivity index (χ2v) is 7.82. The SMILES string of the molecule is CNc1cc(Nc2cccnc2OC2CCC2)nc2c(C(=O)NC3CCC3)cnn12. The van der Waals surface area contributed by atoms with E-state index < -0.39 is 0 Å². The fraction of sp³-hybridized carbons (Fsp3) is 0.429. The molecule has 1 amide bonds. The number of anilines is 3. The molecule has 3 aromatic heterocycles. The van der Waals surface area contributed by atoms with Crippen LogP contribution in [0.3, 0.4) is 0 Å². The van der Waals surface area contributed by atoms with Crippen LogP contribution in [0.5, 0.6) is 5.88 Å². The van der Waals surface area contributed by atoms with Gasteiger partial charge in [0, 0.05) is 25.4 Å². The van der Waals surface area contributed by atoms with Crippen LogP contribution in [0.2, 0.25) is 0 Å². The van der Waals surface area contributed by atoms with Gasteiger partial charge in [0.1, 0.15) is 29.0 Å². The molecule has 2 aliphatic rings. The summed E-state index contributed by atoms with van der Waals surface area (Å²) in [7, 11) is 1.81. The van der Waals surface area contributed by atoms with Gasteiger partial charge in [-0.25, -0.2) is 9.97 Å². The maximum Gasteiger partial charge on any atom is 0.256 e. The third-order valence-electron chi connectivity index (χ3n) is 5.78. The van der Waals surface area contributed by atoms with Gasteiger partial charge in [0.2, 0.25) is 5.88 Å². The first-order valence-corrected chi connectivity index (χ1v) is 10.5. The van der Waals surface area contributed by atoms with Gasteiger partial charge in [0.15, 0.2) is 5.65 Å². The molecule has 2 aliphatic carbocycles. The maximum atomic E-state index is 12.7. The molecule has 0 bridgehead atoms. The number of hydrogen-bond donors (Lipinski definition) is 3. The zero-order valence-corrected chi connectivity index (χ0v) is 16.9. The van der Waals surface area contributed by atoms with Crippen molar-refractivity contribution in [1.82, 2.24) is 24.9 Å². The predicted octanol–water partition coefficient (Wildman–Crippen LogP) is 3.12. The maximum absolute atomic E-state index is 12.7. The van der Waals surface area contributed by atoms with Crippen molar-refractivity contribution in [1.29, 1.82) is 0 Å². The van der Waals surface area contributed by atoms with Crippen molar-refractivity contribution in [2.75, 3.05) is 17.7 Å². The summed E-state index contributed by atoms with van der Waals surface area (Å²) in [5.41, 5.74) is 1.69. The number of amides is 1. The van der Waals surface area contributed by atoms with E-state index in [-0.39, 0.29) is 18.1 Å². The van der Waals surface area contributed by atoms with Crippen molar-refractivity contribution in [2.45, 2.75) is 50.7 Å². The number of carbonyl (C=O) groups excluding carboxylic acids is 1. The highest BCUT2D eigenvalue weighted by molar-refractivity contribution is 6.00. The fourth-order valence-electron chi connectivity index (χ4n) is 3.55. The van der Waals surface area contributed by atoms with Crippen LogP contribution in [-0.4, -0.2) is 44.7 Å². The van der Waals surface area contributed by atoms with Gasteiger partial charge in [-0.05, 0) is 50.7 Å². The number of carbonyl (C=O) groups is 1. The van der Waals surface area contributed by atoms with Crippen LogP contribution in [-0.2, 0) is 0 Å². The van der Waals surface area contributed by atoms with Gasteiger partial charge in [0.25, 0.3) is 5.91 Å². The second kappa shape index (κ2) is 7.81. The van der Waals surface area contributed by atoms with Gasteiger partial charge < -0.3 is 20.7 Å². The molecule has 0 saturated heterocycles. The Bertz CT molecular complexity index is 1070. The van der Waals surface area contributed by atoms with Crippen LogP contribution in [0.15, 0.2) is 30.6 Å². The molecule has 3 aromatic rings. The monoisotopic (exact) mass is 407 g/mol. The third kappa shape index (κ3) is 3.51. The van der Waals surface area contributed by atoms with Crippen LogP contribution < -0.4 is 20.7 Å². The first-order chi connectivity index (χ1) is 14.7. The molecule has 9 nitrogen and oxygen atoms in total. The number of ether oxygens (including phenoxy) is 1. The average Bonchev–Trinajstić information content (AvgIpc) is 3.12. The summed E-state index contributed by atoms with van der Waals surface area (Å²) in [4.78, 5) is 21.8. The van der Waals surface area contributed by atoms with Crippen molar-refractivity contribution in [2.24, 2.45) is 0 Å². The Morgan fingerprint density at radius 1 is 1.23 bits per heavy atom. The molecule has 0 spiro atoms. The Kier molecular flexibility index (Phi) is 4.86. The lowest BCUT2D eigenvalue weighted by Gasteiger charge is -2.26. The van der Waals surface area contributed by atoms with Crippen LogP contribution in [0.4, 0.5) is 17.3 Å². The first-order valence-electron chi connectivity index (χ1n) is 10.5. The fourth-order valence-corrected chi connectivity index (χ4v) is 3.55. The van der Waals surface area contributed by atoms with Gasteiger partial charge in [-0.1, -0.05) is 0 Å². The number of pyridine rings is 1. The predicted molar refractivity (Wildman–Crippen MR) is 113 cm³/mol. The van der Waals surface area contributed by atoms with E-state index in [1.807, 2.05) is 25.2 Å². The summed E-state index contributed by atoms with van der Waals surface area (Å²) in [6.07, 6.45) is 10.0. The number of rotatable bonds is 7. The molecule has 2 saturated carbocycles. The van der Waals surface area contributed by atoms with Crippen molar-refractivity contribution in [3.63, 3.8) is 0 Å². The lowest BCUT2D eigenvalue weighted by Crippen LogP contribution is -2.39. The lowest BCUT2D eigenvalue weighted by molar-refractivity contribution is 0.0918. The first kappa shape index (κ1) is 18.7. The highest BCUT2D eigenvalue weighted by Gasteiger charge is 2.24. The van der Waals surface area contributed by atoms with Crippen molar-refractivity contribution < 1.29 is 9.53 Å². The second-order valence-electron chi connectivity index (χ2n) is 7.82. The Morgan fingerprint density at radius 2 is 2.07 bits per heavy atom. The molecule has 9 heteroatoms.